The van der Waals surface area contributed by atoms with Gasteiger partial charge in [0, 0.05) is 5.69 Å². The lowest BCUT2D eigenvalue weighted by Crippen LogP contribution is -2.16. The van der Waals surface area contributed by atoms with Gasteiger partial charge in [0.1, 0.15) is 0 Å². The molecule has 0 aliphatic rings. The first kappa shape index (κ1) is 14.4. The highest BCUT2D eigenvalue weighted by atomic mass is 32.2. The number of para-hydroxylation sites is 1. The van der Waals surface area contributed by atoms with Crippen molar-refractivity contribution in [1.82, 2.24) is 0 Å². The average molecular weight is 290 g/mol. The van der Waals surface area contributed by atoms with E-state index in [4.69, 9.17) is 5.73 Å². The molecule has 0 fully saturated rings. The predicted molar refractivity (Wildman–Crippen MR) is 82.3 cm³/mol. The number of hydrogen-bond acceptors (Lipinski definition) is 3. The molecule has 0 atom stereocenters. The molecule has 106 valence electrons. The highest BCUT2D eigenvalue weighted by molar-refractivity contribution is 7.92. The van der Waals surface area contributed by atoms with Crippen molar-refractivity contribution >= 4 is 21.4 Å². The van der Waals surface area contributed by atoms with Crippen molar-refractivity contribution in [1.29, 1.82) is 0 Å². The van der Waals surface area contributed by atoms with Crippen molar-refractivity contribution in [2.24, 2.45) is 0 Å². The summed E-state index contributed by atoms with van der Waals surface area (Å²) in [6.07, 6.45) is 0. The summed E-state index contributed by atoms with van der Waals surface area (Å²) in [7, 11) is -3.64. The normalized spacial score (nSPS) is 11.3. The Balaban J connectivity index is 2.49. The number of nitrogen functional groups attached to an aromatic ring is 1. The van der Waals surface area contributed by atoms with Crippen LogP contribution in [0.5, 0.6) is 0 Å². The number of sulfonamides is 1. The summed E-state index contributed by atoms with van der Waals surface area (Å²) in [5.74, 6) is 0. The van der Waals surface area contributed by atoms with Gasteiger partial charge in [-0.3, -0.25) is 4.72 Å². The summed E-state index contributed by atoms with van der Waals surface area (Å²) in [6.45, 7) is 5.49. The van der Waals surface area contributed by atoms with E-state index in [1.54, 1.807) is 19.1 Å². The molecule has 3 N–H and O–H groups in total. The van der Waals surface area contributed by atoms with E-state index in [0.717, 1.165) is 11.1 Å². The molecule has 0 radical (unpaired) electrons. The smallest absolute Gasteiger partial charge is 0.262 e. The third kappa shape index (κ3) is 2.77. The van der Waals surface area contributed by atoms with Crippen LogP contribution in [-0.2, 0) is 10.0 Å². The van der Waals surface area contributed by atoms with Gasteiger partial charge >= 0.3 is 0 Å². The van der Waals surface area contributed by atoms with Crippen LogP contribution in [-0.4, -0.2) is 8.42 Å². The van der Waals surface area contributed by atoms with E-state index in [2.05, 4.69) is 4.72 Å². The van der Waals surface area contributed by atoms with Crippen molar-refractivity contribution in [3.05, 3.63) is 53.1 Å². The highest BCUT2D eigenvalue weighted by Crippen LogP contribution is 2.25. The molecular formula is C15H18N2O2S. The molecule has 0 saturated heterocycles. The van der Waals surface area contributed by atoms with Gasteiger partial charge in [0.2, 0.25) is 0 Å². The summed E-state index contributed by atoms with van der Waals surface area (Å²) in [6, 6.07) is 10.5. The van der Waals surface area contributed by atoms with Crippen molar-refractivity contribution in [3.8, 4) is 0 Å². The summed E-state index contributed by atoms with van der Waals surface area (Å²) < 4.78 is 27.7. The average Bonchev–Trinajstić information content (AvgIpc) is 2.37. The third-order valence-corrected chi connectivity index (χ3v) is 4.71. The molecular weight excluding hydrogens is 272 g/mol. The Hall–Kier alpha value is -2.01. The van der Waals surface area contributed by atoms with Crippen molar-refractivity contribution < 1.29 is 8.42 Å². The zero-order valence-electron chi connectivity index (χ0n) is 11.8. The molecule has 0 heterocycles. The van der Waals surface area contributed by atoms with Crippen LogP contribution < -0.4 is 10.5 Å². The summed E-state index contributed by atoms with van der Waals surface area (Å²) >= 11 is 0. The van der Waals surface area contributed by atoms with E-state index < -0.39 is 10.0 Å². The zero-order chi connectivity index (χ0) is 14.9. The Morgan fingerprint density at radius 2 is 1.55 bits per heavy atom. The lowest BCUT2D eigenvalue weighted by atomic mass is 10.1. The van der Waals surface area contributed by atoms with Gasteiger partial charge in [0.15, 0.2) is 0 Å². The predicted octanol–water partition coefficient (Wildman–Crippen LogP) is 2.99. The molecule has 5 heteroatoms. The van der Waals surface area contributed by atoms with Gasteiger partial charge in [0.05, 0.1) is 10.6 Å². The second-order valence-electron chi connectivity index (χ2n) is 4.90. The lowest BCUT2D eigenvalue weighted by molar-refractivity contribution is 0.600. The zero-order valence-corrected chi connectivity index (χ0v) is 12.6. The largest absolute Gasteiger partial charge is 0.399 e. The van der Waals surface area contributed by atoms with Crippen LogP contribution in [0.4, 0.5) is 11.4 Å². The molecule has 0 aliphatic carbocycles. The molecule has 0 bridgehead atoms. The van der Waals surface area contributed by atoms with Gasteiger partial charge in [-0.15, -0.1) is 0 Å². The fraction of sp³-hybridized carbons (Fsp3) is 0.200. The fourth-order valence-corrected chi connectivity index (χ4v) is 3.55. The van der Waals surface area contributed by atoms with Crippen LogP contribution in [0.2, 0.25) is 0 Å². The van der Waals surface area contributed by atoms with Gasteiger partial charge in [-0.1, -0.05) is 24.3 Å². The Bertz CT molecular complexity index is 732. The highest BCUT2D eigenvalue weighted by Gasteiger charge is 2.18. The molecule has 0 amide bonds. The van der Waals surface area contributed by atoms with Crippen LogP contribution >= 0.6 is 0 Å². The van der Waals surface area contributed by atoms with E-state index in [1.165, 1.54) is 6.07 Å². The van der Waals surface area contributed by atoms with E-state index >= 15 is 0 Å². The van der Waals surface area contributed by atoms with Gasteiger partial charge in [-0.25, -0.2) is 8.42 Å². The van der Waals surface area contributed by atoms with Crippen LogP contribution in [0, 0.1) is 20.8 Å². The number of rotatable bonds is 3. The molecule has 0 unspecified atom stereocenters. The summed E-state index contributed by atoms with van der Waals surface area (Å²) in [5.41, 5.74) is 9.17. The molecule has 0 aliphatic heterocycles. The first-order chi connectivity index (χ1) is 9.31. The second kappa shape index (κ2) is 5.17. The minimum absolute atomic E-state index is 0.208. The first-order valence-electron chi connectivity index (χ1n) is 6.26. The molecule has 4 nitrogen and oxygen atoms in total. The van der Waals surface area contributed by atoms with E-state index in [9.17, 15) is 8.42 Å². The van der Waals surface area contributed by atoms with Gasteiger partial charge in [-0.2, -0.15) is 0 Å². The maximum atomic E-state index is 12.5. The number of nitrogens with two attached hydrogens (primary N) is 1. The monoisotopic (exact) mass is 290 g/mol. The number of nitrogens with one attached hydrogen (secondary N) is 1. The molecule has 2 aromatic carbocycles. The maximum absolute atomic E-state index is 12.5. The Morgan fingerprint density at radius 3 is 2.15 bits per heavy atom. The van der Waals surface area contributed by atoms with Crippen LogP contribution in [0.3, 0.4) is 0 Å². The van der Waals surface area contributed by atoms with Gasteiger partial charge < -0.3 is 5.73 Å². The fourth-order valence-electron chi connectivity index (χ4n) is 2.07. The number of benzene rings is 2. The van der Waals surface area contributed by atoms with Gasteiger partial charge in [0.25, 0.3) is 10.0 Å². The number of anilines is 2. The maximum Gasteiger partial charge on any atom is 0.262 e. The second-order valence-corrected chi connectivity index (χ2v) is 6.55. The molecule has 0 spiro atoms. The quantitative estimate of drug-likeness (QED) is 0.854. The Kier molecular flexibility index (Phi) is 3.72. The van der Waals surface area contributed by atoms with Crippen molar-refractivity contribution in [2.75, 3.05) is 10.5 Å². The lowest BCUT2D eigenvalue weighted by Gasteiger charge is -2.14. The van der Waals surface area contributed by atoms with E-state index in [1.807, 2.05) is 32.0 Å². The Morgan fingerprint density at radius 1 is 0.950 bits per heavy atom. The summed E-state index contributed by atoms with van der Waals surface area (Å²) in [5, 5.41) is 0. The molecule has 2 aromatic rings. The van der Waals surface area contributed by atoms with Crippen molar-refractivity contribution in [2.45, 2.75) is 25.7 Å². The SMILES string of the molecule is Cc1ccc(N)cc1S(=O)(=O)Nc1c(C)cccc1C. The first-order valence-corrected chi connectivity index (χ1v) is 7.75. The number of aryl methyl sites for hydroxylation is 3. The number of hydrogen-bond donors (Lipinski definition) is 2. The van der Waals surface area contributed by atoms with Crippen LogP contribution in [0.1, 0.15) is 16.7 Å². The van der Waals surface area contributed by atoms with Crippen LogP contribution in [0.25, 0.3) is 0 Å². The molecule has 20 heavy (non-hydrogen) atoms. The minimum atomic E-state index is -3.64. The minimum Gasteiger partial charge on any atom is -0.399 e. The third-order valence-electron chi connectivity index (χ3n) is 3.22. The molecule has 0 aromatic heterocycles. The topological polar surface area (TPSA) is 72.2 Å². The van der Waals surface area contributed by atoms with E-state index in [-0.39, 0.29) is 4.90 Å². The van der Waals surface area contributed by atoms with Gasteiger partial charge in [-0.05, 0) is 49.6 Å². The molecule has 0 saturated carbocycles. The molecule has 2 rings (SSSR count). The van der Waals surface area contributed by atoms with Crippen LogP contribution in [0.15, 0.2) is 41.3 Å². The van der Waals surface area contributed by atoms with E-state index in [0.29, 0.717) is 16.9 Å². The Labute approximate surface area is 119 Å². The standard InChI is InChI=1S/C15H18N2O2S/c1-10-7-8-13(16)9-14(10)20(18,19)17-15-11(2)5-4-6-12(15)3/h4-9,17H,16H2,1-3H3. The summed E-state index contributed by atoms with van der Waals surface area (Å²) in [4.78, 5) is 0.208. The van der Waals surface area contributed by atoms with Crippen molar-refractivity contribution in [3.63, 3.8) is 0 Å².